The van der Waals surface area contributed by atoms with Crippen LogP contribution in [0.2, 0.25) is 0 Å². The van der Waals surface area contributed by atoms with Gasteiger partial charge in [-0.3, -0.25) is 0 Å². The zero-order valence-electron chi connectivity index (χ0n) is 5.77. The topological polar surface area (TPSA) is 26.0 Å². The second-order valence-electron chi connectivity index (χ2n) is 2.51. The third kappa shape index (κ3) is 3.29. The summed E-state index contributed by atoms with van der Waals surface area (Å²) < 4.78 is 0. The molecule has 1 saturated carbocycles. The van der Waals surface area contributed by atoms with Crippen LogP contribution in [-0.2, 0) is 18.6 Å². The van der Waals surface area contributed by atoms with Crippen LogP contribution in [0.15, 0.2) is 0 Å². The van der Waals surface area contributed by atoms with Crippen molar-refractivity contribution in [2.45, 2.75) is 32.1 Å². The first-order valence-corrected chi connectivity index (χ1v) is 3.47. The summed E-state index contributed by atoms with van der Waals surface area (Å²) in [6.45, 7) is 0.833. The fourth-order valence-corrected chi connectivity index (χ4v) is 1.26. The van der Waals surface area contributed by atoms with Crippen LogP contribution in [0.25, 0.3) is 0 Å². The van der Waals surface area contributed by atoms with E-state index in [2.05, 4.69) is 0 Å². The van der Waals surface area contributed by atoms with Crippen LogP contribution in [0.5, 0.6) is 0 Å². The summed E-state index contributed by atoms with van der Waals surface area (Å²) in [5.41, 5.74) is 5.47. The molecule has 1 aliphatic carbocycles. The van der Waals surface area contributed by atoms with Crippen LogP contribution in [0.4, 0.5) is 0 Å². The quantitative estimate of drug-likeness (QED) is 0.582. The summed E-state index contributed by atoms with van der Waals surface area (Å²) in [5, 5.41) is 0. The average Bonchev–Trinajstić information content (AvgIpc) is 1.90. The van der Waals surface area contributed by atoms with E-state index in [0.717, 1.165) is 6.54 Å². The Bertz CT molecular complexity index is 59.9. The van der Waals surface area contributed by atoms with Crippen molar-refractivity contribution < 1.29 is 18.6 Å². The maximum Gasteiger partial charge on any atom is 0 e. The molecule has 1 radical (unpaired) electrons. The molecule has 0 atom stereocenters. The molecule has 53 valence electrons. The Morgan fingerprint density at radius 1 is 1.11 bits per heavy atom. The summed E-state index contributed by atoms with van der Waals surface area (Å²) in [6.07, 6.45) is 6.79. The maximum atomic E-state index is 5.47. The molecule has 1 fully saturated rings. The minimum atomic E-state index is 0. The molecular weight excluding hydrogens is 149 g/mol. The molecule has 0 saturated heterocycles. The van der Waals surface area contributed by atoms with Gasteiger partial charge in [0.25, 0.3) is 0 Å². The number of nitrogens with two attached hydrogens (primary N) is 1. The smallest absolute Gasteiger partial charge is 0 e. The van der Waals surface area contributed by atoms with Crippen molar-refractivity contribution in [1.29, 1.82) is 0 Å². The summed E-state index contributed by atoms with van der Waals surface area (Å²) in [4.78, 5) is 0. The molecule has 0 aliphatic heterocycles. The predicted octanol–water partition coefficient (Wildman–Crippen LogP) is 1.48. The van der Waals surface area contributed by atoms with Crippen molar-refractivity contribution >= 4 is 0 Å². The number of hydrogen-bond acceptors (Lipinski definition) is 1. The van der Waals surface area contributed by atoms with E-state index in [-0.39, 0.29) is 18.6 Å². The van der Waals surface area contributed by atoms with Crippen molar-refractivity contribution in [1.82, 2.24) is 0 Å². The van der Waals surface area contributed by atoms with Crippen LogP contribution >= 0.6 is 0 Å². The molecule has 9 heavy (non-hydrogen) atoms. The van der Waals surface area contributed by atoms with Gasteiger partial charge in [0.1, 0.15) is 0 Å². The van der Waals surface area contributed by atoms with Crippen molar-refractivity contribution in [3.05, 3.63) is 5.92 Å². The first kappa shape index (κ1) is 9.54. The van der Waals surface area contributed by atoms with Gasteiger partial charge in [-0.15, -0.1) is 6.54 Å². The summed E-state index contributed by atoms with van der Waals surface area (Å²) >= 11 is 0. The molecule has 2 heteroatoms. The Kier molecular flexibility index (Phi) is 5.66. The van der Waals surface area contributed by atoms with Crippen LogP contribution in [0.3, 0.4) is 0 Å². The summed E-state index contributed by atoms with van der Waals surface area (Å²) in [5.74, 6) is 1.58. The summed E-state index contributed by atoms with van der Waals surface area (Å²) in [7, 11) is 0. The van der Waals surface area contributed by atoms with E-state index in [4.69, 9.17) is 5.73 Å². The summed E-state index contributed by atoms with van der Waals surface area (Å²) in [6, 6.07) is 0. The SMILES string of the molecule is NC[C-]1CCCCC1.[V]. The Hall–Kier alpha value is 0.544. The van der Waals surface area contributed by atoms with Gasteiger partial charge in [-0.05, 0) is 0 Å². The number of rotatable bonds is 1. The molecule has 0 aromatic carbocycles. The standard InChI is InChI=1S/C7H14N.V/c8-6-7-4-2-1-3-5-7;/h1-6,8H2;/q-1;. The van der Waals surface area contributed by atoms with Gasteiger partial charge in [0, 0.05) is 18.6 Å². The fourth-order valence-electron chi connectivity index (χ4n) is 1.26. The van der Waals surface area contributed by atoms with Crippen LogP contribution in [-0.4, -0.2) is 6.54 Å². The Balaban J connectivity index is 0.000000640. The van der Waals surface area contributed by atoms with E-state index >= 15 is 0 Å². The Morgan fingerprint density at radius 3 is 2.00 bits per heavy atom. The second-order valence-corrected chi connectivity index (χ2v) is 2.51. The molecule has 0 aromatic rings. The Labute approximate surface area is 69.3 Å². The van der Waals surface area contributed by atoms with E-state index in [9.17, 15) is 0 Å². The molecule has 0 aromatic heterocycles. The molecule has 2 N–H and O–H groups in total. The van der Waals surface area contributed by atoms with E-state index < -0.39 is 0 Å². The van der Waals surface area contributed by atoms with Crippen LogP contribution in [0.1, 0.15) is 32.1 Å². The number of hydrogen-bond donors (Lipinski definition) is 1. The molecule has 0 unspecified atom stereocenters. The van der Waals surface area contributed by atoms with Gasteiger partial charge in [-0.25, -0.2) is 0 Å². The van der Waals surface area contributed by atoms with Gasteiger partial charge < -0.3 is 11.7 Å². The molecule has 0 amide bonds. The van der Waals surface area contributed by atoms with Crippen molar-refractivity contribution in [2.75, 3.05) is 6.54 Å². The minimum Gasteiger partial charge on any atom is -0.360 e. The monoisotopic (exact) mass is 163 g/mol. The molecule has 1 aliphatic rings. The average molecular weight is 163 g/mol. The molecule has 1 nitrogen and oxygen atoms in total. The molecule has 0 spiro atoms. The molecule has 1 rings (SSSR count). The largest absolute Gasteiger partial charge is 0.360 e. The van der Waals surface area contributed by atoms with E-state index in [1.807, 2.05) is 0 Å². The Morgan fingerprint density at radius 2 is 1.67 bits per heavy atom. The van der Waals surface area contributed by atoms with Crippen LogP contribution < -0.4 is 5.73 Å². The zero-order chi connectivity index (χ0) is 5.82. The van der Waals surface area contributed by atoms with Gasteiger partial charge in [0.15, 0.2) is 0 Å². The fraction of sp³-hybridized carbons (Fsp3) is 0.857. The first-order valence-electron chi connectivity index (χ1n) is 3.47. The first-order chi connectivity index (χ1) is 3.93. The third-order valence-electron chi connectivity index (χ3n) is 1.85. The molecule has 0 heterocycles. The third-order valence-corrected chi connectivity index (χ3v) is 1.85. The van der Waals surface area contributed by atoms with Gasteiger partial charge in [0.05, 0.1) is 0 Å². The maximum absolute atomic E-state index is 5.47. The van der Waals surface area contributed by atoms with Crippen molar-refractivity contribution in [2.24, 2.45) is 5.73 Å². The van der Waals surface area contributed by atoms with Gasteiger partial charge in [-0.2, -0.15) is 12.8 Å². The second kappa shape index (κ2) is 5.34. The zero-order valence-corrected chi connectivity index (χ0v) is 7.16. The van der Waals surface area contributed by atoms with E-state index in [0.29, 0.717) is 0 Å². The normalized spacial score (nSPS) is 21.0. The van der Waals surface area contributed by atoms with Gasteiger partial charge in [0.2, 0.25) is 0 Å². The van der Waals surface area contributed by atoms with Crippen molar-refractivity contribution in [3.8, 4) is 0 Å². The predicted molar refractivity (Wildman–Crippen MR) is 35.4 cm³/mol. The minimum absolute atomic E-state index is 0. The van der Waals surface area contributed by atoms with E-state index in [1.54, 1.807) is 5.92 Å². The molecular formula is C7H14NV-. The van der Waals surface area contributed by atoms with Crippen LogP contribution in [0, 0.1) is 5.92 Å². The molecule has 0 bridgehead atoms. The van der Waals surface area contributed by atoms with Gasteiger partial charge in [-0.1, -0.05) is 19.3 Å². The van der Waals surface area contributed by atoms with Crippen molar-refractivity contribution in [3.63, 3.8) is 0 Å². The van der Waals surface area contributed by atoms with E-state index in [1.165, 1.54) is 32.1 Å². The van der Waals surface area contributed by atoms with Gasteiger partial charge >= 0.3 is 0 Å².